The van der Waals surface area contributed by atoms with Crippen molar-refractivity contribution in [3.8, 4) is 0 Å². The Morgan fingerprint density at radius 2 is 1.92 bits per heavy atom. The molecule has 1 aromatic carbocycles. The first-order valence-electron chi connectivity index (χ1n) is 8.89. The number of nitrogens with one attached hydrogen (secondary N) is 1. The van der Waals surface area contributed by atoms with E-state index < -0.39 is 9.84 Å². The van der Waals surface area contributed by atoms with Gasteiger partial charge in [-0.25, -0.2) is 8.42 Å². The zero-order valence-corrected chi connectivity index (χ0v) is 19.0. The predicted molar refractivity (Wildman–Crippen MR) is 121 cm³/mol. The number of rotatable bonds is 11. The summed E-state index contributed by atoms with van der Waals surface area (Å²) in [7, 11) is -1.30. The first kappa shape index (κ1) is 24.9. The number of benzene rings is 1. The third kappa shape index (κ3) is 9.56. The number of aliphatic imine (C=N–C) groups is 1. The van der Waals surface area contributed by atoms with Crippen LogP contribution in [0.2, 0.25) is 0 Å². The third-order valence-electron chi connectivity index (χ3n) is 3.82. The van der Waals surface area contributed by atoms with Crippen LogP contribution in [0.3, 0.4) is 0 Å². The van der Waals surface area contributed by atoms with E-state index in [4.69, 9.17) is 0 Å². The molecule has 0 fully saturated rings. The van der Waals surface area contributed by atoms with Crippen LogP contribution in [0.1, 0.15) is 32.6 Å². The Morgan fingerprint density at radius 1 is 1.23 bits per heavy atom. The van der Waals surface area contributed by atoms with Crippen LogP contribution in [0.4, 0.5) is 0 Å². The highest BCUT2D eigenvalue weighted by Crippen LogP contribution is 2.10. The van der Waals surface area contributed by atoms with Gasteiger partial charge in [0.1, 0.15) is 0 Å². The van der Waals surface area contributed by atoms with Gasteiger partial charge in [0, 0.05) is 20.1 Å². The minimum absolute atomic E-state index is 0. The smallest absolute Gasteiger partial charge is 0.193 e. The lowest BCUT2D eigenvalue weighted by molar-refractivity contribution is 0.456. The fourth-order valence-corrected chi connectivity index (χ4v) is 3.55. The summed E-state index contributed by atoms with van der Waals surface area (Å²) in [6, 6.07) is 8.53. The lowest BCUT2D eigenvalue weighted by atomic mass is 10.2. The summed E-state index contributed by atoms with van der Waals surface area (Å²) in [5, 5.41) is 3.23. The van der Waals surface area contributed by atoms with E-state index in [1.54, 1.807) is 24.3 Å². The van der Waals surface area contributed by atoms with Crippen molar-refractivity contribution >= 4 is 39.8 Å². The summed E-state index contributed by atoms with van der Waals surface area (Å²) in [4.78, 5) is 6.89. The van der Waals surface area contributed by atoms with Gasteiger partial charge in [-0.1, -0.05) is 30.7 Å². The molecule has 0 saturated heterocycles. The molecule has 0 aliphatic rings. The zero-order valence-electron chi connectivity index (χ0n) is 15.9. The van der Waals surface area contributed by atoms with Crippen LogP contribution >= 0.6 is 24.0 Å². The van der Waals surface area contributed by atoms with Crippen molar-refractivity contribution in [2.75, 3.05) is 32.4 Å². The average molecular weight is 493 g/mol. The maximum atomic E-state index is 12.3. The predicted octanol–water partition coefficient (Wildman–Crippen LogP) is 3.72. The number of hydrogen-bond donors (Lipinski definition) is 1. The molecule has 1 N–H and O–H groups in total. The van der Waals surface area contributed by atoms with Crippen LogP contribution in [0.15, 0.2) is 52.9 Å². The second-order valence-electron chi connectivity index (χ2n) is 5.93. The molecule has 0 heterocycles. The topological polar surface area (TPSA) is 61.8 Å². The second kappa shape index (κ2) is 14.0. The van der Waals surface area contributed by atoms with Crippen LogP contribution in [-0.2, 0) is 9.84 Å². The average Bonchev–Trinajstić information content (AvgIpc) is 2.61. The molecule has 0 radical (unpaired) electrons. The molecular formula is C19H32IN3O2S. The number of hydrogen-bond acceptors (Lipinski definition) is 3. The minimum Gasteiger partial charge on any atom is -0.357 e. The first-order valence-corrected chi connectivity index (χ1v) is 10.5. The van der Waals surface area contributed by atoms with E-state index in [0.29, 0.717) is 4.90 Å². The molecule has 5 nitrogen and oxygen atoms in total. The zero-order chi connectivity index (χ0) is 18.5. The Kier molecular flexibility index (Phi) is 13.4. The fraction of sp³-hybridized carbons (Fsp3) is 0.526. The van der Waals surface area contributed by atoms with Crippen molar-refractivity contribution in [2.24, 2.45) is 4.99 Å². The van der Waals surface area contributed by atoms with Gasteiger partial charge >= 0.3 is 0 Å². The molecule has 0 aromatic heterocycles. The molecule has 0 bridgehead atoms. The van der Waals surface area contributed by atoms with E-state index >= 15 is 0 Å². The van der Waals surface area contributed by atoms with Crippen molar-refractivity contribution in [2.45, 2.75) is 37.5 Å². The van der Waals surface area contributed by atoms with Crippen LogP contribution in [-0.4, -0.2) is 51.7 Å². The maximum absolute atomic E-state index is 12.3. The number of sulfone groups is 1. The van der Waals surface area contributed by atoms with E-state index in [1.165, 1.54) is 0 Å². The number of unbranched alkanes of at least 4 members (excludes halogenated alkanes) is 3. The van der Waals surface area contributed by atoms with Gasteiger partial charge in [-0.15, -0.1) is 30.6 Å². The Hall–Kier alpha value is -1.09. The number of guanidine groups is 1. The molecule has 0 aliphatic heterocycles. The Balaban J connectivity index is 0.00000625. The van der Waals surface area contributed by atoms with Gasteiger partial charge in [-0.2, -0.15) is 0 Å². The normalized spacial score (nSPS) is 11.5. The van der Waals surface area contributed by atoms with Gasteiger partial charge in [-0.05, 0) is 38.3 Å². The molecule has 148 valence electrons. The van der Waals surface area contributed by atoms with Gasteiger partial charge in [0.25, 0.3) is 0 Å². The molecule has 26 heavy (non-hydrogen) atoms. The van der Waals surface area contributed by atoms with Gasteiger partial charge in [0.2, 0.25) is 0 Å². The first-order chi connectivity index (χ1) is 12.0. The fourth-order valence-electron chi connectivity index (χ4n) is 2.41. The lowest BCUT2D eigenvalue weighted by Crippen LogP contribution is -2.39. The molecule has 0 saturated carbocycles. The Bertz CT molecular complexity index is 633. The van der Waals surface area contributed by atoms with Crippen molar-refractivity contribution in [1.82, 2.24) is 10.2 Å². The van der Waals surface area contributed by atoms with Crippen LogP contribution in [0.25, 0.3) is 0 Å². The third-order valence-corrected chi connectivity index (χ3v) is 5.53. The summed E-state index contributed by atoms with van der Waals surface area (Å²) in [6.07, 6.45) is 6.38. The minimum atomic E-state index is -3.29. The molecule has 7 heteroatoms. The number of nitrogens with zero attached hydrogens (tertiary/aromatic N) is 2. The SMILES string of the molecule is C=CCCCCCN(C)C(=NCCS(=O)(=O)c1ccccc1)NCC.I. The summed E-state index contributed by atoms with van der Waals surface area (Å²) in [5.41, 5.74) is 0. The van der Waals surface area contributed by atoms with Crippen molar-refractivity contribution in [3.63, 3.8) is 0 Å². The summed E-state index contributed by atoms with van der Waals surface area (Å²) >= 11 is 0. The van der Waals surface area contributed by atoms with E-state index in [2.05, 4.69) is 21.8 Å². The summed E-state index contributed by atoms with van der Waals surface area (Å²) < 4.78 is 24.6. The molecule has 0 spiro atoms. The summed E-state index contributed by atoms with van der Waals surface area (Å²) in [6.45, 7) is 7.64. The number of halogens is 1. The number of allylic oxidation sites excluding steroid dienone is 1. The van der Waals surface area contributed by atoms with Gasteiger partial charge in [-0.3, -0.25) is 4.99 Å². The lowest BCUT2D eigenvalue weighted by Gasteiger charge is -2.22. The molecule has 0 aliphatic carbocycles. The van der Waals surface area contributed by atoms with E-state index in [9.17, 15) is 8.42 Å². The van der Waals surface area contributed by atoms with Gasteiger partial charge in [0.15, 0.2) is 15.8 Å². The van der Waals surface area contributed by atoms with E-state index in [1.807, 2.05) is 26.1 Å². The highest BCUT2D eigenvalue weighted by molar-refractivity contribution is 14.0. The second-order valence-corrected chi connectivity index (χ2v) is 8.04. The molecule has 1 rings (SSSR count). The van der Waals surface area contributed by atoms with Gasteiger partial charge < -0.3 is 10.2 Å². The van der Waals surface area contributed by atoms with Gasteiger partial charge in [0.05, 0.1) is 17.2 Å². The van der Waals surface area contributed by atoms with E-state index in [0.717, 1.165) is 44.7 Å². The summed E-state index contributed by atoms with van der Waals surface area (Å²) in [5.74, 6) is 0.772. The largest absolute Gasteiger partial charge is 0.357 e. The molecule has 0 atom stereocenters. The van der Waals surface area contributed by atoms with Crippen LogP contribution < -0.4 is 5.32 Å². The molecule has 0 amide bonds. The van der Waals surface area contributed by atoms with Crippen molar-refractivity contribution < 1.29 is 8.42 Å². The Labute approximate surface area is 175 Å². The molecular weight excluding hydrogens is 461 g/mol. The highest BCUT2D eigenvalue weighted by atomic mass is 127. The van der Waals surface area contributed by atoms with Crippen LogP contribution in [0, 0.1) is 0 Å². The highest BCUT2D eigenvalue weighted by Gasteiger charge is 2.13. The van der Waals surface area contributed by atoms with E-state index in [-0.39, 0.29) is 36.3 Å². The monoisotopic (exact) mass is 493 g/mol. The molecule has 1 aromatic rings. The quantitative estimate of drug-likeness (QED) is 0.168. The molecule has 0 unspecified atom stereocenters. The van der Waals surface area contributed by atoms with Crippen molar-refractivity contribution in [3.05, 3.63) is 43.0 Å². The Morgan fingerprint density at radius 3 is 2.54 bits per heavy atom. The maximum Gasteiger partial charge on any atom is 0.193 e. The van der Waals surface area contributed by atoms with Crippen LogP contribution in [0.5, 0.6) is 0 Å². The van der Waals surface area contributed by atoms with Crippen molar-refractivity contribution in [1.29, 1.82) is 0 Å². The standard InChI is InChI=1S/C19H31N3O2S.HI/c1-4-6-7-8-12-16-22(3)19(20-5-2)21-15-17-25(23,24)18-13-10-9-11-14-18;/h4,9-11,13-14H,1,5-8,12,15-17H2,2-3H3,(H,20,21);1H.